The molecule has 0 atom stereocenters. The van der Waals surface area contributed by atoms with Crippen LogP contribution in [-0.4, -0.2) is 30.4 Å². The molecule has 116 valence electrons. The first kappa shape index (κ1) is 16.1. The second-order valence-electron chi connectivity index (χ2n) is 5.80. The van der Waals surface area contributed by atoms with E-state index in [-0.39, 0.29) is 5.91 Å². The fraction of sp³-hybridized carbons (Fsp3) is 0.562. The third kappa shape index (κ3) is 4.90. The zero-order chi connectivity index (χ0) is 15.2. The molecule has 1 aliphatic heterocycles. The van der Waals surface area contributed by atoms with Crippen LogP contribution in [0.15, 0.2) is 18.2 Å². The number of hydrogen-bond acceptors (Lipinski definition) is 3. The molecule has 0 radical (unpaired) electrons. The Labute approximate surface area is 131 Å². The molecule has 1 amide bonds. The lowest BCUT2D eigenvalue weighted by molar-refractivity contribution is -0.117. The Balaban J connectivity index is 1.81. The molecular formula is C16H24ClN3O. The minimum absolute atomic E-state index is 0.0311. The van der Waals surface area contributed by atoms with Gasteiger partial charge in [0.1, 0.15) is 0 Å². The Morgan fingerprint density at radius 3 is 2.81 bits per heavy atom. The van der Waals surface area contributed by atoms with E-state index in [0.717, 1.165) is 19.0 Å². The molecule has 0 bridgehead atoms. The van der Waals surface area contributed by atoms with Gasteiger partial charge in [-0.15, -0.1) is 0 Å². The van der Waals surface area contributed by atoms with Crippen molar-refractivity contribution < 1.29 is 4.79 Å². The van der Waals surface area contributed by atoms with E-state index in [2.05, 4.69) is 17.1 Å². The highest BCUT2D eigenvalue weighted by Crippen LogP contribution is 2.24. The predicted molar refractivity (Wildman–Crippen MR) is 88.6 cm³/mol. The SMILES string of the molecule is CCCC1CCN(CC(=O)Nc2cc(N)ccc2Cl)CC1. The van der Waals surface area contributed by atoms with Crippen molar-refractivity contribution in [3.05, 3.63) is 23.2 Å². The fourth-order valence-electron chi connectivity index (χ4n) is 2.87. The van der Waals surface area contributed by atoms with E-state index < -0.39 is 0 Å². The van der Waals surface area contributed by atoms with Crippen molar-refractivity contribution in [2.24, 2.45) is 5.92 Å². The lowest BCUT2D eigenvalue weighted by Gasteiger charge is -2.31. The van der Waals surface area contributed by atoms with Gasteiger partial charge in [-0.2, -0.15) is 0 Å². The number of carbonyl (C=O) groups is 1. The normalized spacial score (nSPS) is 16.9. The molecule has 1 fully saturated rings. The summed E-state index contributed by atoms with van der Waals surface area (Å²) in [5.74, 6) is 0.800. The maximum Gasteiger partial charge on any atom is 0.238 e. The average Bonchev–Trinajstić information content (AvgIpc) is 2.45. The third-order valence-electron chi connectivity index (χ3n) is 4.04. The Bertz CT molecular complexity index is 484. The number of halogens is 1. The van der Waals surface area contributed by atoms with Gasteiger partial charge >= 0.3 is 0 Å². The van der Waals surface area contributed by atoms with Crippen LogP contribution in [0.2, 0.25) is 5.02 Å². The second-order valence-corrected chi connectivity index (χ2v) is 6.20. The first-order valence-corrected chi connectivity index (χ1v) is 8.03. The maximum absolute atomic E-state index is 12.1. The van der Waals surface area contributed by atoms with Crippen LogP contribution in [0.3, 0.4) is 0 Å². The van der Waals surface area contributed by atoms with E-state index in [1.807, 2.05) is 0 Å². The number of nitrogen functional groups attached to an aromatic ring is 1. The minimum atomic E-state index is -0.0311. The lowest BCUT2D eigenvalue weighted by atomic mass is 9.92. The highest BCUT2D eigenvalue weighted by atomic mass is 35.5. The van der Waals surface area contributed by atoms with Gasteiger partial charge in [0.2, 0.25) is 5.91 Å². The number of nitrogens with zero attached hydrogens (tertiary/aromatic N) is 1. The molecule has 21 heavy (non-hydrogen) atoms. The van der Waals surface area contributed by atoms with Gasteiger partial charge in [0, 0.05) is 5.69 Å². The van der Waals surface area contributed by atoms with Crippen molar-refractivity contribution in [3.8, 4) is 0 Å². The standard InChI is InChI=1S/C16H24ClN3O/c1-2-3-12-6-8-20(9-7-12)11-16(21)19-15-10-13(18)4-5-14(15)17/h4-5,10,12H,2-3,6-9,11,18H2,1H3,(H,19,21). The summed E-state index contributed by atoms with van der Waals surface area (Å²) in [5.41, 5.74) is 6.89. The molecule has 1 saturated heterocycles. The molecule has 1 heterocycles. The van der Waals surface area contributed by atoms with Crippen molar-refractivity contribution in [1.29, 1.82) is 0 Å². The van der Waals surface area contributed by atoms with Crippen LogP contribution in [0.4, 0.5) is 11.4 Å². The van der Waals surface area contributed by atoms with E-state index >= 15 is 0 Å². The molecule has 0 saturated carbocycles. The maximum atomic E-state index is 12.1. The van der Waals surface area contributed by atoms with E-state index in [1.165, 1.54) is 25.7 Å². The highest BCUT2D eigenvalue weighted by molar-refractivity contribution is 6.33. The molecule has 3 N–H and O–H groups in total. The number of nitrogens with one attached hydrogen (secondary N) is 1. The predicted octanol–water partition coefficient (Wildman–Crippen LogP) is 3.37. The number of anilines is 2. The second kappa shape index (κ2) is 7.66. The van der Waals surface area contributed by atoms with Crippen LogP contribution in [-0.2, 0) is 4.79 Å². The number of benzene rings is 1. The van der Waals surface area contributed by atoms with Crippen molar-refractivity contribution in [3.63, 3.8) is 0 Å². The molecule has 0 spiro atoms. The molecule has 1 aromatic carbocycles. The average molecular weight is 310 g/mol. The quantitative estimate of drug-likeness (QED) is 0.820. The first-order valence-electron chi connectivity index (χ1n) is 7.65. The van der Waals surface area contributed by atoms with Crippen molar-refractivity contribution in [2.75, 3.05) is 30.7 Å². The summed E-state index contributed by atoms with van der Waals surface area (Å²) >= 11 is 6.05. The number of nitrogens with two attached hydrogens (primary N) is 1. The van der Waals surface area contributed by atoms with Crippen molar-refractivity contribution in [1.82, 2.24) is 4.90 Å². The topological polar surface area (TPSA) is 58.4 Å². The molecule has 5 heteroatoms. The zero-order valence-corrected chi connectivity index (χ0v) is 13.3. The van der Waals surface area contributed by atoms with E-state index in [1.54, 1.807) is 18.2 Å². The number of carbonyl (C=O) groups excluding carboxylic acids is 1. The van der Waals surface area contributed by atoms with Gasteiger partial charge in [0.15, 0.2) is 0 Å². The van der Waals surface area contributed by atoms with Gasteiger partial charge in [-0.1, -0.05) is 31.4 Å². The highest BCUT2D eigenvalue weighted by Gasteiger charge is 2.20. The Hall–Kier alpha value is -1.26. The molecular weight excluding hydrogens is 286 g/mol. The summed E-state index contributed by atoms with van der Waals surface area (Å²) < 4.78 is 0. The minimum Gasteiger partial charge on any atom is -0.399 e. The molecule has 0 unspecified atom stereocenters. The van der Waals surface area contributed by atoms with Gasteiger partial charge < -0.3 is 11.1 Å². The van der Waals surface area contributed by atoms with Gasteiger partial charge in [-0.25, -0.2) is 0 Å². The van der Waals surface area contributed by atoms with Crippen LogP contribution in [0, 0.1) is 5.92 Å². The first-order chi connectivity index (χ1) is 10.1. The Morgan fingerprint density at radius 1 is 1.43 bits per heavy atom. The van der Waals surface area contributed by atoms with Crippen LogP contribution in [0.1, 0.15) is 32.6 Å². The number of rotatable bonds is 5. The van der Waals surface area contributed by atoms with E-state index in [9.17, 15) is 4.79 Å². The largest absolute Gasteiger partial charge is 0.399 e. The number of amides is 1. The number of likely N-dealkylation sites (tertiary alicyclic amines) is 1. The summed E-state index contributed by atoms with van der Waals surface area (Å²) in [5, 5.41) is 3.36. The molecule has 2 rings (SSSR count). The summed E-state index contributed by atoms with van der Waals surface area (Å²) in [6.07, 6.45) is 4.94. The summed E-state index contributed by atoms with van der Waals surface area (Å²) in [4.78, 5) is 14.3. The number of hydrogen-bond donors (Lipinski definition) is 2. The summed E-state index contributed by atoms with van der Waals surface area (Å²) in [6, 6.07) is 5.10. The Morgan fingerprint density at radius 2 is 2.14 bits per heavy atom. The van der Waals surface area contributed by atoms with Crippen LogP contribution >= 0.6 is 11.6 Å². The number of piperidine rings is 1. The van der Waals surface area contributed by atoms with E-state index in [4.69, 9.17) is 17.3 Å². The third-order valence-corrected chi connectivity index (χ3v) is 4.37. The molecule has 1 aromatic rings. The van der Waals surface area contributed by atoms with Gasteiger partial charge in [-0.05, 0) is 50.0 Å². The lowest BCUT2D eigenvalue weighted by Crippen LogP contribution is -2.39. The van der Waals surface area contributed by atoms with Gasteiger partial charge in [0.25, 0.3) is 0 Å². The van der Waals surface area contributed by atoms with Gasteiger partial charge in [-0.3, -0.25) is 9.69 Å². The fourth-order valence-corrected chi connectivity index (χ4v) is 3.04. The zero-order valence-electron chi connectivity index (χ0n) is 12.6. The van der Waals surface area contributed by atoms with Crippen molar-refractivity contribution in [2.45, 2.75) is 32.6 Å². The van der Waals surface area contributed by atoms with Crippen LogP contribution < -0.4 is 11.1 Å². The molecule has 4 nitrogen and oxygen atoms in total. The van der Waals surface area contributed by atoms with Gasteiger partial charge in [0.05, 0.1) is 17.3 Å². The molecule has 1 aliphatic rings. The molecule has 0 aliphatic carbocycles. The summed E-state index contributed by atoms with van der Waals surface area (Å²) in [6.45, 7) is 4.66. The monoisotopic (exact) mass is 309 g/mol. The smallest absolute Gasteiger partial charge is 0.238 e. The summed E-state index contributed by atoms with van der Waals surface area (Å²) in [7, 11) is 0. The van der Waals surface area contributed by atoms with Crippen molar-refractivity contribution >= 4 is 28.9 Å². The van der Waals surface area contributed by atoms with Crippen LogP contribution in [0.25, 0.3) is 0 Å². The van der Waals surface area contributed by atoms with Crippen LogP contribution in [0.5, 0.6) is 0 Å². The molecule has 0 aromatic heterocycles. The Kier molecular flexibility index (Phi) is 5.88. The van der Waals surface area contributed by atoms with E-state index in [0.29, 0.717) is 22.9 Å².